The van der Waals surface area contributed by atoms with Crippen molar-refractivity contribution in [3.63, 3.8) is 0 Å². The summed E-state index contributed by atoms with van der Waals surface area (Å²) in [6.07, 6.45) is 1.64. The molecule has 40 heavy (non-hydrogen) atoms. The lowest BCUT2D eigenvalue weighted by atomic mass is 9.93. The van der Waals surface area contributed by atoms with E-state index in [2.05, 4.69) is 4.98 Å². The van der Waals surface area contributed by atoms with Crippen LogP contribution in [0.25, 0.3) is 43.2 Å². The van der Waals surface area contributed by atoms with Gasteiger partial charge in [-0.3, -0.25) is 14.6 Å². The fourth-order valence-electron chi connectivity index (χ4n) is 4.96. The fourth-order valence-corrected chi connectivity index (χ4v) is 6.22. The molecule has 0 unspecified atom stereocenters. The number of carboxylic acid groups (broad SMARTS) is 1. The van der Waals surface area contributed by atoms with E-state index in [4.69, 9.17) is 21.3 Å². The molecule has 1 amide bonds. The first kappa shape index (κ1) is 26.0. The smallest absolute Gasteiger partial charge is 0.307 e. The normalized spacial score (nSPS) is 13.2. The third-order valence-electron chi connectivity index (χ3n) is 7.02. The molecule has 0 aliphatic carbocycles. The Kier molecular flexibility index (Phi) is 6.73. The summed E-state index contributed by atoms with van der Waals surface area (Å²) in [5.74, 6) is -0.404. The van der Waals surface area contributed by atoms with E-state index in [0.717, 1.165) is 48.6 Å². The molecule has 3 heterocycles. The van der Waals surface area contributed by atoms with Crippen molar-refractivity contribution in [2.24, 2.45) is 0 Å². The number of thiazole rings is 1. The van der Waals surface area contributed by atoms with Crippen molar-refractivity contribution >= 4 is 45.0 Å². The van der Waals surface area contributed by atoms with Crippen molar-refractivity contribution in [2.45, 2.75) is 13.3 Å². The zero-order valence-electron chi connectivity index (χ0n) is 21.8. The van der Waals surface area contributed by atoms with Crippen LogP contribution in [0.15, 0.2) is 66.9 Å². The fraction of sp³-hybridized carbons (Fsp3) is 0.161. The van der Waals surface area contributed by atoms with Gasteiger partial charge in [0.15, 0.2) is 0 Å². The number of aliphatic carboxylic acids is 1. The largest absolute Gasteiger partial charge is 0.491 e. The van der Waals surface area contributed by atoms with Gasteiger partial charge < -0.3 is 14.7 Å². The predicted molar refractivity (Wildman–Crippen MR) is 157 cm³/mol. The average molecular weight is 570 g/mol. The van der Waals surface area contributed by atoms with E-state index >= 15 is 0 Å². The van der Waals surface area contributed by atoms with Crippen LogP contribution in [-0.2, 0) is 11.2 Å². The van der Waals surface area contributed by atoms with Crippen LogP contribution >= 0.6 is 22.9 Å². The van der Waals surface area contributed by atoms with Crippen LogP contribution in [0.3, 0.4) is 0 Å². The molecule has 1 aliphatic heterocycles. The molecule has 0 bridgehead atoms. The number of carbonyl (C=O) groups excluding carboxylic acids is 1. The lowest BCUT2D eigenvalue weighted by Gasteiger charge is -2.13. The number of carbonyl (C=O) groups is 2. The Morgan fingerprint density at radius 3 is 2.62 bits per heavy atom. The van der Waals surface area contributed by atoms with Gasteiger partial charge in [-0.05, 0) is 72.1 Å². The van der Waals surface area contributed by atoms with E-state index in [0.29, 0.717) is 35.2 Å². The minimum absolute atomic E-state index is 0.0843. The first-order valence-corrected chi connectivity index (χ1v) is 13.9. The molecule has 6 rings (SSSR count). The van der Waals surface area contributed by atoms with E-state index < -0.39 is 5.97 Å². The number of hydrogen-bond donors (Lipinski definition) is 1. The second-order valence-electron chi connectivity index (χ2n) is 9.71. The van der Waals surface area contributed by atoms with Gasteiger partial charge in [-0.25, -0.2) is 4.98 Å². The van der Waals surface area contributed by atoms with Gasteiger partial charge in [-0.15, -0.1) is 11.3 Å². The van der Waals surface area contributed by atoms with Crippen LogP contribution in [0.1, 0.15) is 21.5 Å². The summed E-state index contributed by atoms with van der Waals surface area (Å²) in [4.78, 5) is 35.8. The summed E-state index contributed by atoms with van der Waals surface area (Å²) in [6, 6.07) is 18.8. The monoisotopic (exact) mass is 569 g/mol. The number of aromatic nitrogens is 2. The molecule has 5 aromatic rings. The number of aryl methyl sites for hydroxylation is 1. The Labute approximate surface area is 239 Å². The molecule has 1 aliphatic rings. The molecule has 0 saturated heterocycles. The SMILES string of the molecule is Cc1cc2nc(-c3ccnc(-c4ccc5c(c4)C(=O)N(C)CCO5)c3)sc2c(-c2ccc(Cl)cc2)c1CC(=O)O. The topological polar surface area (TPSA) is 92.6 Å². The highest BCUT2D eigenvalue weighted by Gasteiger charge is 2.23. The summed E-state index contributed by atoms with van der Waals surface area (Å²) >= 11 is 7.66. The maximum atomic E-state index is 12.9. The molecule has 1 N–H and O–H groups in total. The van der Waals surface area contributed by atoms with Gasteiger partial charge in [0.2, 0.25) is 0 Å². The zero-order chi connectivity index (χ0) is 28.0. The average Bonchev–Trinajstić information content (AvgIpc) is 3.31. The number of carboxylic acids is 1. The molecule has 0 fully saturated rings. The van der Waals surface area contributed by atoms with Crippen molar-refractivity contribution < 1.29 is 19.4 Å². The molecular formula is C31H24ClN3O4S. The molecular weight excluding hydrogens is 546 g/mol. The van der Waals surface area contributed by atoms with Crippen LogP contribution in [0.5, 0.6) is 5.75 Å². The van der Waals surface area contributed by atoms with Crippen molar-refractivity contribution in [3.8, 4) is 38.7 Å². The summed E-state index contributed by atoms with van der Waals surface area (Å²) in [6.45, 7) is 2.90. The maximum absolute atomic E-state index is 12.9. The minimum atomic E-state index is -0.892. The summed E-state index contributed by atoms with van der Waals surface area (Å²) < 4.78 is 6.68. The van der Waals surface area contributed by atoms with Gasteiger partial charge in [0.25, 0.3) is 5.91 Å². The lowest BCUT2D eigenvalue weighted by molar-refractivity contribution is -0.136. The van der Waals surface area contributed by atoms with Crippen LogP contribution in [0.2, 0.25) is 5.02 Å². The van der Waals surface area contributed by atoms with Crippen molar-refractivity contribution in [1.82, 2.24) is 14.9 Å². The Morgan fingerprint density at radius 1 is 1.07 bits per heavy atom. The molecule has 7 nitrogen and oxygen atoms in total. The first-order valence-electron chi connectivity index (χ1n) is 12.7. The van der Waals surface area contributed by atoms with Crippen LogP contribution < -0.4 is 4.74 Å². The van der Waals surface area contributed by atoms with Crippen molar-refractivity contribution in [1.29, 1.82) is 0 Å². The molecule has 0 saturated carbocycles. The highest BCUT2D eigenvalue weighted by Crippen LogP contribution is 2.41. The van der Waals surface area contributed by atoms with Gasteiger partial charge in [0, 0.05) is 35.0 Å². The number of halogens is 1. The number of benzene rings is 3. The number of rotatable bonds is 5. The Bertz CT molecular complexity index is 1800. The van der Waals surface area contributed by atoms with E-state index in [-0.39, 0.29) is 12.3 Å². The number of amides is 1. The van der Waals surface area contributed by atoms with Crippen molar-refractivity contribution in [3.05, 3.63) is 88.6 Å². The minimum Gasteiger partial charge on any atom is -0.491 e. The molecule has 0 atom stereocenters. The first-order chi connectivity index (χ1) is 19.3. The highest BCUT2D eigenvalue weighted by molar-refractivity contribution is 7.22. The van der Waals surface area contributed by atoms with Gasteiger partial charge in [-0.2, -0.15) is 0 Å². The Balaban J connectivity index is 1.46. The van der Waals surface area contributed by atoms with Gasteiger partial charge in [0.1, 0.15) is 17.4 Å². The predicted octanol–water partition coefficient (Wildman–Crippen LogP) is 6.75. The van der Waals surface area contributed by atoms with E-state index in [9.17, 15) is 14.7 Å². The summed E-state index contributed by atoms with van der Waals surface area (Å²) in [5, 5.41) is 11.0. The number of fused-ring (bicyclic) bond motifs is 2. The van der Waals surface area contributed by atoms with Crippen LogP contribution in [0.4, 0.5) is 0 Å². The number of hydrogen-bond acceptors (Lipinski definition) is 6. The standard InChI is InChI=1S/C31H24ClN3O4S/c1-17-13-25-29(28(22(17)16-27(36)37)18-3-6-21(32)7-4-18)40-30(34-25)20-9-10-33-24(15-20)19-5-8-26-23(14-19)31(38)35(2)11-12-39-26/h3-10,13-15H,11-12,16H2,1-2H3,(H,36,37). The number of nitrogens with zero attached hydrogens (tertiary/aromatic N) is 3. The highest BCUT2D eigenvalue weighted by atomic mass is 35.5. The molecule has 3 aromatic carbocycles. The van der Waals surface area contributed by atoms with Gasteiger partial charge >= 0.3 is 5.97 Å². The number of ether oxygens (including phenoxy) is 1. The van der Waals surface area contributed by atoms with Gasteiger partial charge in [0.05, 0.1) is 34.4 Å². The van der Waals surface area contributed by atoms with E-state index in [1.54, 1.807) is 30.3 Å². The second kappa shape index (κ2) is 10.4. The van der Waals surface area contributed by atoms with E-state index in [1.165, 1.54) is 11.3 Å². The Hall–Kier alpha value is -4.27. The zero-order valence-corrected chi connectivity index (χ0v) is 23.3. The molecule has 9 heteroatoms. The third-order valence-corrected chi connectivity index (χ3v) is 8.41. The molecule has 200 valence electrons. The number of likely N-dealkylation sites (N-methyl/N-ethyl adjacent to an activating group) is 1. The summed E-state index contributed by atoms with van der Waals surface area (Å²) in [5.41, 5.74) is 7.08. The number of pyridine rings is 1. The second-order valence-corrected chi connectivity index (χ2v) is 11.1. The Morgan fingerprint density at radius 2 is 1.85 bits per heavy atom. The van der Waals surface area contributed by atoms with Crippen molar-refractivity contribution in [2.75, 3.05) is 20.2 Å². The van der Waals surface area contributed by atoms with Crippen LogP contribution in [-0.4, -0.2) is 52.1 Å². The molecule has 0 radical (unpaired) electrons. The van der Waals surface area contributed by atoms with Crippen LogP contribution in [0, 0.1) is 6.92 Å². The van der Waals surface area contributed by atoms with E-state index in [1.807, 2.05) is 55.5 Å². The molecule has 2 aromatic heterocycles. The third kappa shape index (κ3) is 4.80. The molecule has 0 spiro atoms. The quantitative estimate of drug-likeness (QED) is 0.252. The maximum Gasteiger partial charge on any atom is 0.307 e. The lowest BCUT2D eigenvalue weighted by Crippen LogP contribution is -2.27. The summed E-state index contributed by atoms with van der Waals surface area (Å²) in [7, 11) is 1.77. The van der Waals surface area contributed by atoms with Gasteiger partial charge in [-0.1, -0.05) is 23.7 Å².